The summed E-state index contributed by atoms with van der Waals surface area (Å²) in [5, 5.41) is 6.75. The summed E-state index contributed by atoms with van der Waals surface area (Å²) in [6.45, 7) is 0.511. The summed E-state index contributed by atoms with van der Waals surface area (Å²) in [6, 6.07) is 3.58. The van der Waals surface area contributed by atoms with Crippen molar-refractivity contribution in [3.8, 4) is 0 Å². The first-order valence-electron chi connectivity index (χ1n) is 4.76. The molecule has 0 aliphatic heterocycles. The Bertz CT molecular complexity index is 482. The van der Waals surface area contributed by atoms with Crippen LogP contribution < -0.4 is 11.1 Å². The number of hydrogen-bond donors (Lipinski definition) is 2. The maximum Gasteiger partial charge on any atom is 0.255 e. The summed E-state index contributed by atoms with van der Waals surface area (Å²) in [7, 11) is 0. The summed E-state index contributed by atoms with van der Waals surface area (Å²) in [5.41, 5.74) is 7.61. The molecule has 2 aromatic rings. The Hall–Kier alpha value is -1.88. The number of rotatable bonds is 3. The highest BCUT2D eigenvalue weighted by atomic mass is 32.1. The first-order chi connectivity index (χ1) is 7.77. The fourth-order valence-corrected chi connectivity index (χ4v) is 1.93. The lowest BCUT2D eigenvalue weighted by Gasteiger charge is -2.05. The molecule has 0 atom stereocenters. The molecule has 0 aliphatic carbocycles. The van der Waals surface area contributed by atoms with Crippen LogP contribution in [0.2, 0.25) is 0 Å². The van der Waals surface area contributed by atoms with Gasteiger partial charge in [0.15, 0.2) is 0 Å². The second-order valence-electron chi connectivity index (χ2n) is 3.28. The highest BCUT2D eigenvalue weighted by Crippen LogP contribution is 2.09. The number of carbonyl (C=O) groups excluding carboxylic acids is 1. The number of nitrogens with zero attached hydrogens (tertiary/aromatic N) is 1. The fourth-order valence-electron chi connectivity index (χ4n) is 1.27. The van der Waals surface area contributed by atoms with Gasteiger partial charge < -0.3 is 11.1 Å². The highest BCUT2D eigenvalue weighted by Gasteiger charge is 2.08. The molecule has 2 rings (SSSR count). The molecule has 0 bridgehead atoms. The van der Waals surface area contributed by atoms with Gasteiger partial charge in [0.05, 0.1) is 5.56 Å². The van der Waals surface area contributed by atoms with Crippen LogP contribution in [0.15, 0.2) is 35.3 Å². The van der Waals surface area contributed by atoms with E-state index < -0.39 is 0 Å². The Morgan fingerprint density at radius 3 is 3.06 bits per heavy atom. The molecule has 0 spiro atoms. The number of aromatic nitrogens is 1. The van der Waals surface area contributed by atoms with Gasteiger partial charge in [-0.2, -0.15) is 11.3 Å². The van der Waals surface area contributed by atoms with E-state index in [1.54, 1.807) is 23.6 Å². The minimum Gasteiger partial charge on any atom is -0.398 e. The number of anilines is 1. The van der Waals surface area contributed by atoms with E-state index in [4.69, 9.17) is 5.73 Å². The van der Waals surface area contributed by atoms with E-state index in [0.29, 0.717) is 17.8 Å². The maximum absolute atomic E-state index is 11.7. The summed E-state index contributed by atoms with van der Waals surface area (Å²) in [5.74, 6) is -0.197. The molecule has 0 aliphatic rings. The molecule has 0 radical (unpaired) electrons. The SMILES string of the molecule is Nc1ccncc1C(=O)NCc1ccsc1. The molecule has 2 aromatic heterocycles. The first kappa shape index (κ1) is 10.6. The van der Waals surface area contributed by atoms with E-state index >= 15 is 0 Å². The van der Waals surface area contributed by atoms with E-state index in [-0.39, 0.29) is 5.91 Å². The van der Waals surface area contributed by atoms with E-state index in [0.717, 1.165) is 5.56 Å². The Kier molecular flexibility index (Phi) is 3.16. The van der Waals surface area contributed by atoms with Gasteiger partial charge in [0.25, 0.3) is 5.91 Å². The van der Waals surface area contributed by atoms with Crippen molar-refractivity contribution in [2.45, 2.75) is 6.54 Å². The van der Waals surface area contributed by atoms with Gasteiger partial charge in [0.1, 0.15) is 0 Å². The Morgan fingerprint density at radius 1 is 1.50 bits per heavy atom. The third kappa shape index (κ3) is 2.38. The summed E-state index contributed by atoms with van der Waals surface area (Å²) >= 11 is 1.60. The standard InChI is InChI=1S/C11H11N3OS/c12-10-1-3-13-6-9(10)11(15)14-5-8-2-4-16-7-8/h1-4,6-7H,5H2,(H2,12,13)(H,14,15). The predicted molar refractivity (Wildman–Crippen MR) is 64.1 cm³/mol. The summed E-state index contributed by atoms with van der Waals surface area (Å²) in [6.07, 6.45) is 3.03. The topological polar surface area (TPSA) is 68.0 Å². The molecule has 0 aromatic carbocycles. The van der Waals surface area contributed by atoms with Crippen LogP contribution in [0.25, 0.3) is 0 Å². The molecule has 0 saturated heterocycles. The number of nitrogen functional groups attached to an aromatic ring is 1. The zero-order chi connectivity index (χ0) is 11.4. The minimum atomic E-state index is -0.197. The number of thiophene rings is 1. The van der Waals surface area contributed by atoms with Crippen LogP contribution in [0.5, 0.6) is 0 Å². The fraction of sp³-hybridized carbons (Fsp3) is 0.0909. The van der Waals surface area contributed by atoms with Gasteiger partial charge >= 0.3 is 0 Å². The van der Waals surface area contributed by atoms with E-state index in [1.807, 2.05) is 16.8 Å². The van der Waals surface area contributed by atoms with Crippen molar-refractivity contribution in [3.05, 3.63) is 46.4 Å². The Labute approximate surface area is 97.1 Å². The molecule has 0 unspecified atom stereocenters. The second kappa shape index (κ2) is 4.76. The third-order valence-corrected chi connectivity index (χ3v) is 2.86. The molecule has 5 heteroatoms. The van der Waals surface area contributed by atoms with Crippen molar-refractivity contribution < 1.29 is 4.79 Å². The van der Waals surface area contributed by atoms with Gasteiger partial charge in [-0.25, -0.2) is 0 Å². The molecular weight excluding hydrogens is 222 g/mol. The molecule has 2 heterocycles. The van der Waals surface area contributed by atoms with Crippen LogP contribution in [0.1, 0.15) is 15.9 Å². The molecular formula is C11H11N3OS. The van der Waals surface area contributed by atoms with E-state index in [9.17, 15) is 4.79 Å². The van der Waals surface area contributed by atoms with Crippen LogP contribution in [0.3, 0.4) is 0 Å². The van der Waals surface area contributed by atoms with Crippen molar-refractivity contribution in [1.82, 2.24) is 10.3 Å². The third-order valence-electron chi connectivity index (χ3n) is 2.13. The zero-order valence-corrected chi connectivity index (χ0v) is 9.33. The molecule has 0 saturated carbocycles. The van der Waals surface area contributed by atoms with Gasteiger partial charge in [0.2, 0.25) is 0 Å². The van der Waals surface area contributed by atoms with Crippen molar-refractivity contribution in [1.29, 1.82) is 0 Å². The molecule has 16 heavy (non-hydrogen) atoms. The van der Waals surface area contributed by atoms with Gasteiger partial charge in [-0.15, -0.1) is 0 Å². The molecule has 82 valence electrons. The predicted octanol–water partition coefficient (Wildman–Crippen LogP) is 1.66. The number of nitrogens with one attached hydrogen (secondary N) is 1. The average Bonchev–Trinajstić information content (AvgIpc) is 2.79. The largest absolute Gasteiger partial charge is 0.398 e. The van der Waals surface area contributed by atoms with Crippen LogP contribution in [0.4, 0.5) is 5.69 Å². The van der Waals surface area contributed by atoms with E-state index in [2.05, 4.69) is 10.3 Å². The molecule has 1 amide bonds. The number of amides is 1. The smallest absolute Gasteiger partial charge is 0.255 e. The minimum absolute atomic E-state index is 0.197. The van der Waals surface area contributed by atoms with Crippen molar-refractivity contribution in [2.75, 3.05) is 5.73 Å². The first-order valence-corrected chi connectivity index (χ1v) is 5.70. The van der Waals surface area contributed by atoms with Crippen molar-refractivity contribution in [3.63, 3.8) is 0 Å². The summed E-state index contributed by atoms with van der Waals surface area (Å²) < 4.78 is 0. The number of hydrogen-bond acceptors (Lipinski definition) is 4. The Balaban J connectivity index is 2.01. The van der Waals surface area contributed by atoms with Crippen molar-refractivity contribution in [2.24, 2.45) is 0 Å². The Morgan fingerprint density at radius 2 is 2.38 bits per heavy atom. The summed E-state index contributed by atoms with van der Waals surface area (Å²) in [4.78, 5) is 15.6. The zero-order valence-electron chi connectivity index (χ0n) is 8.51. The quantitative estimate of drug-likeness (QED) is 0.847. The highest BCUT2D eigenvalue weighted by molar-refractivity contribution is 7.07. The van der Waals surface area contributed by atoms with Gasteiger partial charge in [-0.3, -0.25) is 9.78 Å². The van der Waals surface area contributed by atoms with E-state index in [1.165, 1.54) is 6.20 Å². The van der Waals surface area contributed by atoms with Crippen LogP contribution >= 0.6 is 11.3 Å². The lowest BCUT2D eigenvalue weighted by atomic mass is 10.2. The number of nitrogens with two attached hydrogens (primary N) is 1. The number of pyridine rings is 1. The number of carbonyl (C=O) groups is 1. The van der Waals surface area contributed by atoms with Gasteiger partial charge in [0, 0.05) is 24.6 Å². The molecule has 3 N–H and O–H groups in total. The van der Waals surface area contributed by atoms with Gasteiger partial charge in [-0.1, -0.05) is 0 Å². The molecule has 4 nitrogen and oxygen atoms in total. The average molecular weight is 233 g/mol. The lowest BCUT2D eigenvalue weighted by molar-refractivity contribution is 0.0951. The van der Waals surface area contributed by atoms with Crippen LogP contribution in [-0.4, -0.2) is 10.9 Å². The second-order valence-corrected chi connectivity index (χ2v) is 4.06. The van der Waals surface area contributed by atoms with Crippen LogP contribution in [-0.2, 0) is 6.54 Å². The maximum atomic E-state index is 11.7. The van der Waals surface area contributed by atoms with Gasteiger partial charge in [-0.05, 0) is 28.5 Å². The normalized spacial score (nSPS) is 10.0. The lowest BCUT2D eigenvalue weighted by Crippen LogP contribution is -2.23. The van der Waals surface area contributed by atoms with Crippen LogP contribution in [0, 0.1) is 0 Å². The monoisotopic (exact) mass is 233 g/mol. The van der Waals surface area contributed by atoms with Crippen molar-refractivity contribution >= 4 is 22.9 Å². The molecule has 0 fully saturated rings.